The zero-order valence-electron chi connectivity index (χ0n) is 12.9. The molecule has 0 heterocycles. The van der Waals surface area contributed by atoms with Crippen molar-refractivity contribution in [1.82, 2.24) is 4.90 Å². The van der Waals surface area contributed by atoms with Crippen LogP contribution in [0.3, 0.4) is 0 Å². The predicted molar refractivity (Wildman–Crippen MR) is 92.5 cm³/mol. The van der Waals surface area contributed by atoms with Gasteiger partial charge in [0.1, 0.15) is 12.4 Å². The molecule has 0 aliphatic heterocycles. The maximum atomic E-state index is 12.0. The van der Waals surface area contributed by atoms with Gasteiger partial charge in [0.25, 0.3) is 0 Å². The van der Waals surface area contributed by atoms with Crippen LogP contribution in [0.2, 0.25) is 0 Å². The summed E-state index contributed by atoms with van der Waals surface area (Å²) in [6.07, 6.45) is 2.72. The number of ether oxygens (including phenoxy) is 1. The highest BCUT2D eigenvalue weighted by Crippen LogP contribution is 2.12. The highest BCUT2D eigenvalue weighted by Gasteiger charge is 2.17. The summed E-state index contributed by atoms with van der Waals surface area (Å²) in [5.74, 6) is 1.71. The van der Waals surface area contributed by atoms with E-state index in [0.29, 0.717) is 19.6 Å². The molecule has 0 aliphatic carbocycles. The van der Waals surface area contributed by atoms with E-state index in [4.69, 9.17) is 10.5 Å². The molecule has 1 aromatic rings. The molecule has 1 aromatic carbocycles. The Labute approximate surface area is 137 Å². The molecule has 0 aliphatic rings. The molecule has 1 rings (SSSR count). The van der Waals surface area contributed by atoms with Gasteiger partial charge in [0.2, 0.25) is 5.91 Å². The first-order valence-electron chi connectivity index (χ1n) is 6.73. The van der Waals surface area contributed by atoms with E-state index in [0.717, 1.165) is 17.1 Å². The molecule has 2 N–H and O–H groups in total. The van der Waals surface area contributed by atoms with E-state index in [1.54, 1.807) is 23.7 Å². The van der Waals surface area contributed by atoms with Crippen LogP contribution < -0.4 is 10.5 Å². The van der Waals surface area contributed by atoms with Gasteiger partial charge in [-0.15, -0.1) is 12.4 Å². The molecule has 0 spiro atoms. The predicted octanol–water partition coefficient (Wildman–Crippen LogP) is 2.33. The third-order valence-corrected chi connectivity index (χ3v) is 3.66. The molecule has 1 atom stereocenters. The van der Waals surface area contributed by atoms with Gasteiger partial charge in [-0.25, -0.2) is 0 Å². The van der Waals surface area contributed by atoms with Crippen LogP contribution in [0.1, 0.15) is 12.0 Å². The Morgan fingerprint density at radius 2 is 2.19 bits per heavy atom. The monoisotopic (exact) mass is 332 g/mol. The molecule has 0 radical (unpaired) electrons. The van der Waals surface area contributed by atoms with Crippen molar-refractivity contribution in [3.63, 3.8) is 0 Å². The maximum Gasteiger partial charge on any atom is 0.239 e. The molecular weight excluding hydrogens is 308 g/mol. The number of hydrogen-bond donors (Lipinski definition) is 1. The molecule has 1 amide bonds. The lowest BCUT2D eigenvalue weighted by Crippen LogP contribution is -2.43. The van der Waals surface area contributed by atoms with Gasteiger partial charge in [-0.2, -0.15) is 11.8 Å². The van der Waals surface area contributed by atoms with Crippen LogP contribution in [-0.4, -0.2) is 49.1 Å². The number of nitrogens with zero attached hydrogens (tertiary/aromatic N) is 1. The van der Waals surface area contributed by atoms with Crippen molar-refractivity contribution in [2.75, 3.05) is 32.2 Å². The molecule has 6 heteroatoms. The molecule has 4 nitrogen and oxygen atoms in total. The van der Waals surface area contributed by atoms with E-state index in [1.165, 1.54) is 0 Å². The van der Waals surface area contributed by atoms with Gasteiger partial charge in [-0.1, -0.05) is 12.1 Å². The lowest BCUT2D eigenvalue weighted by Gasteiger charge is -2.21. The summed E-state index contributed by atoms with van der Waals surface area (Å²) in [4.78, 5) is 13.6. The summed E-state index contributed by atoms with van der Waals surface area (Å²) in [5.41, 5.74) is 7.02. The number of halogens is 1. The van der Waals surface area contributed by atoms with Crippen molar-refractivity contribution >= 4 is 30.1 Å². The van der Waals surface area contributed by atoms with Crippen molar-refractivity contribution in [2.45, 2.75) is 19.4 Å². The number of thioether (sulfide) groups is 1. The summed E-state index contributed by atoms with van der Waals surface area (Å²) < 4.78 is 5.63. The average molecular weight is 333 g/mol. The largest absolute Gasteiger partial charge is 0.492 e. The molecule has 21 heavy (non-hydrogen) atoms. The van der Waals surface area contributed by atoms with Crippen LogP contribution in [0.4, 0.5) is 0 Å². The van der Waals surface area contributed by atoms with Gasteiger partial charge < -0.3 is 15.4 Å². The van der Waals surface area contributed by atoms with E-state index < -0.39 is 6.04 Å². The van der Waals surface area contributed by atoms with Crippen molar-refractivity contribution in [3.8, 4) is 5.75 Å². The Balaban J connectivity index is 0.00000400. The third-order valence-electron chi connectivity index (χ3n) is 3.01. The fourth-order valence-corrected chi connectivity index (χ4v) is 2.26. The molecule has 0 bridgehead atoms. The number of aryl methyl sites for hydroxylation is 1. The van der Waals surface area contributed by atoms with Crippen molar-refractivity contribution in [2.24, 2.45) is 5.73 Å². The summed E-state index contributed by atoms with van der Waals surface area (Å²) in [7, 11) is 1.76. The molecule has 0 aromatic heterocycles. The number of nitrogens with two attached hydrogens (primary N) is 1. The topological polar surface area (TPSA) is 55.6 Å². The number of carbonyl (C=O) groups excluding carboxylic acids is 1. The lowest BCUT2D eigenvalue weighted by atomic mass is 10.2. The van der Waals surface area contributed by atoms with Gasteiger partial charge in [-0.3, -0.25) is 4.79 Å². The third kappa shape index (κ3) is 7.60. The second kappa shape index (κ2) is 10.8. The number of hydrogen-bond acceptors (Lipinski definition) is 4. The van der Waals surface area contributed by atoms with Gasteiger partial charge in [0, 0.05) is 7.05 Å². The first-order valence-corrected chi connectivity index (χ1v) is 8.13. The van der Waals surface area contributed by atoms with Crippen LogP contribution in [-0.2, 0) is 4.79 Å². The van der Waals surface area contributed by atoms with Crippen LogP contribution in [0, 0.1) is 6.92 Å². The Kier molecular flexibility index (Phi) is 10.3. The normalized spacial score (nSPS) is 11.4. The summed E-state index contributed by atoms with van der Waals surface area (Å²) in [6.45, 7) is 3.04. The summed E-state index contributed by atoms with van der Waals surface area (Å²) >= 11 is 1.70. The average Bonchev–Trinajstić information content (AvgIpc) is 2.43. The highest BCUT2D eigenvalue weighted by atomic mass is 35.5. The highest BCUT2D eigenvalue weighted by molar-refractivity contribution is 7.98. The number of likely N-dealkylation sites (N-methyl/N-ethyl adjacent to an activating group) is 1. The van der Waals surface area contributed by atoms with Gasteiger partial charge in [0.15, 0.2) is 0 Å². The number of rotatable bonds is 8. The minimum Gasteiger partial charge on any atom is -0.492 e. The molecule has 0 saturated carbocycles. The Bertz CT molecular complexity index is 432. The van der Waals surface area contributed by atoms with E-state index in [9.17, 15) is 4.79 Å². The smallest absolute Gasteiger partial charge is 0.239 e. The molecule has 0 saturated heterocycles. The quantitative estimate of drug-likeness (QED) is 0.794. The minimum atomic E-state index is -0.411. The minimum absolute atomic E-state index is 0. The van der Waals surface area contributed by atoms with Crippen LogP contribution >= 0.6 is 24.2 Å². The van der Waals surface area contributed by atoms with E-state index in [1.807, 2.05) is 37.4 Å². The van der Waals surface area contributed by atoms with Crippen molar-refractivity contribution in [3.05, 3.63) is 29.8 Å². The summed E-state index contributed by atoms with van der Waals surface area (Å²) in [6, 6.07) is 7.46. The van der Waals surface area contributed by atoms with Gasteiger partial charge in [-0.05, 0) is 43.0 Å². The SMILES string of the molecule is CSCC[C@H](N)C(=O)N(C)CCOc1cccc(C)c1.Cl. The standard InChI is InChI=1S/C15H24N2O2S.ClH/c1-12-5-4-6-13(11-12)19-9-8-17(2)15(18)14(16)7-10-20-3;/h4-6,11,14H,7-10,16H2,1-3H3;1H/t14-;/m0./s1. The van der Waals surface area contributed by atoms with Crippen LogP contribution in [0.15, 0.2) is 24.3 Å². The second-order valence-corrected chi connectivity index (χ2v) is 5.80. The fourth-order valence-electron chi connectivity index (χ4n) is 1.77. The number of benzene rings is 1. The summed E-state index contributed by atoms with van der Waals surface area (Å²) in [5, 5.41) is 0. The van der Waals surface area contributed by atoms with Gasteiger partial charge in [0.05, 0.1) is 12.6 Å². The fraction of sp³-hybridized carbons (Fsp3) is 0.533. The van der Waals surface area contributed by atoms with Crippen LogP contribution in [0.5, 0.6) is 5.75 Å². The Morgan fingerprint density at radius 3 is 2.81 bits per heavy atom. The van der Waals surface area contributed by atoms with E-state index in [-0.39, 0.29) is 18.3 Å². The number of amides is 1. The molecule has 120 valence electrons. The zero-order chi connectivity index (χ0) is 15.0. The second-order valence-electron chi connectivity index (χ2n) is 4.81. The van der Waals surface area contributed by atoms with Gasteiger partial charge >= 0.3 is 0 Å². The van der Waals surface area contributed by atoms with Crippen molar-refractivity contribution in [1.29, 1.82) is 0 Å². The van der Waals surface area contributed by atoms with E-state index >= 15 is 0 Å². The van der Waals surface area contributed by atoms with Crippen molar-refractivity contribution < 1.29 is 9.53 Å². The first-order chi connectivity index (χ1) is 9.54. The van der Waals surface area contributed by atoms with Crippen LogP contribution in [0.25, 0.3) is 0 Å². The Morgan fingerprint density at radius 1 is 1.48 bits per heavy atom. The lowest BCUT2D eigenvalue weighted by molar-refractivity contribution is -0.131. The molecular formula is C15H25ClN2O2S. The molecule has 0 unspecified atom stereocenters. The zero-order valence-corrected chi connectivity index (χ0v) is 14.5. The number of carbonyl (C=O) groups is 1. The maximum absolute atomic E-state index is 12.0. The molecule has 0 fully saturated rings. The first kappa shape index (κ1) is 20.1. The Hall–Kier alpha value is -0.910. The van der Waals surface area contributed by atoms with E-state index in [2.05, 4.69) is 0 Å².